The lowest BCUT2D eigenvalue weighted by Crippen LogP contribution is -2.09. The lowest BCUT2D eigenvalue weighted by atomic mass is 10.1. The molecule has 1 aliphatic heterocycles. The van der Waals surface area contributed by atoms with E-state index in [4.69, 9.17) is 29.7 Å². The van der Waals surface area contributed by atoms with Crippen LogP contribution >= 0.6 is 11.3 Å². The Labute approximate surface area is 168 Å². The van der Waals surface area contributed by atoms with Gasteiger partial charge in [0.15, 0.2) is 22.4 Å². The van der Waals surface area contributed by atoms with Gasteiger partial charge in [-0.15, -0.1) is 0 Å². The van der Waals surface area contributed by atoms with Crippen LogP contribution in [0.3, 0.4) is 0 Å². The fraction of sp³-hybridized carbons (Fsp3) is 0.474. The molecule has 8 nitrogen and oxygen atoms in total. The van der Waals surface area contributed by atoms with Gasteiger partial charge in [-0.25, -0.2) is 9.98 Å². The van der Waals surface area contributed by atoms with Crippen molar-refractivity contribution < 1.29 is 18.9 Å². The lowest BCUT2D eigenvalue weighted by Gasteiger charge is -2.14. The van der Waals surface area contributed by atoms with Gasteiger partial charge in [-0.3, -0.25) is 0 Å². The van der Waals surface area contributed by atoms with Crippen molar-refractivity contribution in [1.82, 2.24) is 4.98 Å². The van der Waals surface area contributed by atoms with Crippen molar-refractivity contribution in [3.8, 4) is 17.2 Å². The third-order valence-electron chi connectivity index (χ3n) is 4.22. The fourth-order valence-electron chi connectivity index (χ4n) is 3.06. The number of nitrogens with zero attached hydrogens (tertiary/aromatic N) is 2. The quantitative estimate of drug-likeness (QED) is 0.689. The highest BCUT2D eigenvalue weighted by atomic mass is 32.1. The van der Waals surface area contributed by atoms with Crippen LogP contribution < -0.4 is 25.3 Å². The summed E-state index contributed by atoms with van der Waals surface area (Å²) in [4.78, 5) is 9.89. The van der Waals surface area contributed by atoms with Gasteiger partial charge in [0.05, 0.1) is 27.4 Å². The first-order chi connectivity index (χ1) is 13.4. The van der Waals surface area contributed by atoms with Gasteiger partial charge in [0.25, 0.3) is 0 Å². The molecule has 1 atom stereocenters. The molecule has 1 aromatic carbocycles. The highest BCUT2D eigenvalue weighted by Crippen LogP contribution is 2.41. The number of hydrogen-bond acceptors (Lipinski definition) is 9. The lowest BCUT2D eigenvalue weighted by molar-refractivity contribution is 0.302. The van der Waals surface area contributed by atoms with E-state index in [2.05, 4.69) is 24.1 Å². The first-order valence-electron chi connectivity index (χ1n) is 8.99. The van der Waals surface area contributed by atoms with Crippen LogP contribution in [0.25, 0.3) is 0 Å². The minimum atomic E-state index is 0.160. The van der Waals surface area contributed by atoms with Crippen molar-refractivity contribution in [2.45, 2.75) is 26.3 Å². The Morgan fingerprint density at radius 2 is 1.89 bits per heavy atom. The summed E-state index contributed by atoms with van der Waals surface area (Å²) in [6.07, 6.45) is 0.980. The Balaban J connectivity index is 1.90. The van der Waals surface area contributed by atoms with E-state index in [-0.39, 0.29) is 6.04 Å². The zero-order chi connectivity index (χ0) is 20.3. The molecule has 152 valence electrons. The summed E-state index contributed by atoms with van der Waals surface area (Å²) in [6, 6.07) is 3.77. The number of nitrogen functional groups attached to an aromatic ring is 1. The van der Waals surface area contributed by atoms with Gasteiger partial charge in [0.2, 0.25) is 11.6 Å². The standard InChI is InChI=1S/C19H26N4O4S/c1-10(2)6-12-9-27-18(22-12)16-17(23-19(20)28-16)21-11-7-13(24-3)15(26-5)14(8-11)25-4/h7-8,10,12,21H,6,9H2,1-5H3,(H2,20,23). The number of benzene rings is 1. The second-order valence-corrected chi connectivity index (χ2v) is 7.83. The van der Waals surface area contributed by atoms with E-state index < -0.39 is 0 Å². The smallest absolute Gasteiger partial charge is 0.230 e. The molecule has 1 aliphatic rings. The minimum absolute atomic E-state index is 0.160. The Hall–Kier alpha value is -2.68. The highest BCUT2D eigenvalue weighted by Gasteiger charge is 2.26. The van der Waals surface area contributed by atoms with Gasteiger partial charge in [-0.1, -0.05) is 25.2 Å². The number of nitrogens with two attached hydrogens (primary N) is 1. The van der Waals surface area contributed by atoms with Crippen molar-refractivity contribution in [3.05, 3.63) is 17.0 Å². The summed E-state index contributed by atoms with van der Waals surface area (Å²) in [6.45, 7) is 4.93. The Morgan fingerprint density at radius 3 is 2.46 bits per heavy atom. The highest BCUT2D eigenvalue weighted by molar-refractivity contribution is 7.17. The van der Waals surface area contributed by atoms with Gasteiger partial charge >= 0.3 is 0 Å². The summed E-state index contributed by atoms with van der Waals surface area (Å²) < 4.78 is 22.0. The summed E-state index contributed by atoms with van der Waals surface area (Å²) in [5.41, 5.74) is 6.68. The van der Waals surface area contributed by atoms with Crippen LogP contribution in [0.2, 0.25) is 0 Å². The second kappa shape index (κ2) is 8.55. The largest absolute Gasteiger partial charge is 0.493 e. The first kappa shape index (κ1) is 20.1. The van der Waals surface area contributed by atoms with Crippen molar-refractivity contribution in [3.63, 3.8) is 0 Å². The molecule has 28 heavy (non-hydrogen) atoms. The molecule has 1 unspecified atom stereocenters. The summed E-state index contributed by atoms with van der Waals surface area (Å²) >= 11 is 1.34. The number of aromatic nitrogens is 1. The number of ether oxygens (including phenoxy) is 4. The van der Waals surface area contributed by atoms with Crippen LogP contribution in [0.5, 0.6) is 17.2 Å². The van der Waals surface area contributed by atoms with Crippen LogP contribution in [-0.4, -0.2) is 44.9 Å². The summed E-state index contributed by atoms with van der Waals surface area (Å²) in [5, 5.41) is 3.70. The normalized spacial score (nSPS) is 15.9. The predicted molar refractivity (Wildman–Crippen MR) is 112 cm³/mol. The molecule has 3 N–H and O–H groups in total. The van der Waals surface area contributed by atoms with Crippen molar-refractivity contribution >= 4 is 33.9 Å². The minimum Gasteiger partial charge on any atom is -0.493 e. The molecule has 2 aromatic rings. The fourth-order valence-corrected chi connectivity index (χ4v) is 3.80. The number of thiazole rings is 1. The molecule has 9 heteroatoms. The van der Waals surface area contributed by atoms with Crippen LogP contribution in [0.15, 0.2) is 17.1 Å². The van der Waals surface area contributed by atoms with Crippen LogP contribution in [0, 0.1) is 5.92 Å². The molecule has 0 saturated heterocycles. The molecule has 3 rings (SSSR count). The zero-order valence-corrected chi connectivity index (χ0v) is 17.6. The Morgan fingerprint density at radius 1 is 1.21 bits per heavy atom. The molecule has 0 bridgehead atoms. The topological polar surface area (TPSA) is 100 Å². The van der Waals surface area contributed by atoms with E-state index in [0.717, 1.165) is 17.0 Å². The summed E-state index contributed by atoms with van der Waals surface area (Å²) in [7, 11) is 4.71. The molecule has 0 aliphatic carbocycles. The number of nitrogens with one attached hydrogen (secondary N) is 1. The molecule has 2 heterocycles. The van der Waals surface area contributed by atoms with E-state index in [0.29, 0.717) is 46.6 Å². The van der Waals surface area contributed by atoms with Crippen LogP contribution in [0.4, 0.5) is 16.6 Å². The van der Waals surface area contributed by atoms with Gasteiger partial charge < -0.3 is 30.0 Å². The van der Waals surface area contributed by atoms with Gasteiger partial charge in [0, 0.05) is 17.8 Å². The summed E-state index contributed by atoms with van der Waals surface area (Å²) in [5.74, 6) is 3.32. The SMILES string of the molecule is COc1cc(Nc2nc(N)sc2C2=NC(CC(C)C)CO2)cc(OC)c1OC. The molecule has 0 amide bonds. The molecule has 0 saturated carbocycles. The maximum Gasteiger partial charge on any atom is 0.230 e. The third kappa shape index (κ3) is 4.24. The molecule has 1 aromatic heterocycles. The maximum atomic E-state index is 5.96. The molecule has 0 spiro atoms. The number of hydrogen-bond donors (Lipinski definition) is 2. The number of aliphatic imine (C=N–C) groups is 1. The first-order valence-corrected chi connectivity index (χ1v) is 9.81. The van der Waals surface area contributed by atoms with Crippen molar-refractivity contribution in [2.75, 3.05) is 39.0 Å². The van der Waals surface area contributed by atoms with Gasteiger partial charge in [-0.2, -0.15) is 0 Å². The van der Waals surface area contributed by atoms with Crippen LogP contribution in [-0.2, 0) is 4.74 Å². The van der Waals surface area contributed by atoms with E-state index >= 15 is 0 Å². The van der Waals surface area contributed by atoms with E-state index in [1.807, 2.05) is 0 Å². The molecular formula is C19H26N4O4S. The number of methoxy groups -OCH3 is 3. The molecule has 0 radical (unpaired) electrons. The van der Waals surface area contributed by atoms with Crippen molar-refractivity contribution in [2.24, 2.45) is 10.9 Å². The predicted octanol–water partition coefficient (Wildman–Crippen LogP) is 3.69. The van der Waals surface area contributed by atoms with E-state index in [9.17, 15) is 0 Å². The van der Waals surface area contributed by atoms with Gasteiger partial charge in [0.1, 0.15) is 11.5 Å². The Kier molecular flexibility index (Phi) is 6.13. The third-order valence-corrected chi connectivity index (χ3v) is 5.09. The average molecular weight is 407 g/mol. The number of rotatable bonds is 8. The number of anilines is 3. The second-order valence-electron chi connectivity index (χ2n) is 6.80. The van der Waals surface area contributed by atoms with Gasteiger partial charge in [-0.05, 0) is 12.3 Å². The van der Waals surface area contributed by atoms with E-state index in [1.54, 1.807) is 33.5 Å². The van der Waals surface area contributed by atoms with Crippen molar-refractivity contribution in [1.29, 1.82) is 0 Å². The Bertz CT molecular complexity index is 841. The molecular weight excluding hydrogens is 380 g/mol. The van der Waals surface area contributed by atoms with E-state index in [1.165, 1.54) is 11.3 Å². The monoisotopic (exact) mass is 406 g/mol. The average Bonchev–Trinajstić information content (AvgIpc) is 3.26. The van der Waals surface area contributed by atoms with Crippen LogP contribution in [0.1, 0.15) is 25.1 Å². The maximum absolute atomic E-state index is 5.96. The molecule has 0 fully saturated rings. The zero-order valence-electron chi connectivity index (χ0n) is 16.7.